The van der Waals surface area contributed by atoms with Crippen LogP contribution in [0.2, 0.25) is 0 Å². The molecule has 0 unspecified atom stereocenters. The molecule has 0 radical (unpaired) electrons. The zero-order chi connectivity index (χ0) is 11.3. The Labute approximate surface area is 85.4 Å². The van der Waals surface area contributed by atoms with Gasteiger partial charge in [0.15, 0.2) is 11.9 Å². The molecule has 0 spiro atoms. The molecule has 1 rings (SSSR count). The maximum atomic E-state index is 11.4. The van der Waals surface area contributed by atoms with Crippen LogP contribution in [0, 0.1) is 21.4 Å². The molecule has 74 valence electrons. The highest BCUT2D eigenvalue weighted by atomic mass is 16.6. The van der Waals surface area contributed by atoms with Crippen molar-refractivity contribution in [3.8, 4) is 6.07 Å². The largest absolute Gasteiger partial charge is 0.349 e. The van der Waals surface area contributed by atoms with Crippen molar-refractivity contribution in [2.75, 3.05) is 0 Å². The fraction of sp³-hybridized carbons (Fsp3) is 0. The number of rotatable bonds is 3. The Morgan fingerprint density at radius 2 is 2.00 bits per heavy atom. The van der Waals surface area contributed by atoms with Crippen molar-refractivity contribution in [1.82, 2.24) is 0 Å². The molecule has 5 heteroatoms. The number of benzene rings is 1. The van der Waals surface area contributed by atoms with E-state index < -0.39 is 16.4 Å². The number of nitrogens with zero attached hydrogens (tertiary/aromatic N) is 2. The summed E-state index contributed by atoms with van der Waals surface area (Å²) in [6, 6.07) is 9.38. The predicted octanol–water partition coefficient (Wildman–Crippen LogP) is 1.55. The molecule has 0 N–H and O–H groups in total. The van der Waals surface area contributed by atoms with E-state index in [4.69, 9.17) is 5.26 Å². The van der Waals surface area contributed by atoms with E-state index in [-0.39, 0.29) is 0 Å². The van der Waals surface area contributed by atoms with Gasteiger partial charge in [-0.2, -0.15) is 5.26 Å². The topological polar surface area (TPSA) is 84.0 Å². The maximum Gasteiger partial charge on any atom is 0.349 e. The van der Waals surface area contributed by atoms with E-state index >= 15 is 0 Å². The van der Waals surface area contributed by atoms with Crippen LogP contribution in [0.3, 0.4) is 0 Å². The minimum atomic E-state index is -0.888. The molecule has 0 saturated carbocycles. The maximum absolute atomic E-state index is 11.4. The van der Waals surface area contributed by atoms with Gasteiger partial charge in [0, 0.05) is 5.56 Å². The molecule has 0 aliphatic carbocycles. The predicted molar refractivity (Wildman–Crippen MR) is 51.5 cm³/mol. The minimum Gasteiger partial charge on any atom is -0.289 e. The van der Waals surface area contributed by atoms with E-state index in [1.165, 1.54) is 18.2 Å². The fourth-order valence-corrected chi connectivity index (χ4v) is 0.936. The van der Waals surface area contributed by atoms with Crippen LogP contribution in [-0.2, 0) is 0 Å². The average molecular weight is 202 g/mol. The first kappa shape index (κ1) is 10.6. The number of carbonyl (C=O) groups excluding carboxylic acids is 1. The van der Waals surface area contributed by atoms with E-state index in [1.807, 2.05) is 0 Å². The van der Waals surface area contributed by atoms with E-state index in [2.05, 4.69) is 0 Å². The first-order chi connectivity index (χ1) is 7.15. The van der Waals surface area contributed by atoms with Gasteiger partial charge in [-0.05, 0) is 0 Å². The van der Waals surface area contributed by atoms with Gasteiger partial charge in [-0.3, -0.25) is 14.9 Å². The number of ketones is 1. The van der Waals surface area contributed by atoms with Crippen LogP contribution in [0.25, 0.3) is 0 Å². The van der Waals surface area contributed by atoms with Crippen LogP contribution in [0.1, 0.15) is 10.4 Å². The molecule has 0 atom stereocenters. The lowest BCUT2D eigenvalue weighted by atomic mass is 10.1. The molecule has 0 amide bonds. The zero-order valence-electron chi connectivity index (χ0n) is 7.58. The molecule has 0 bridgehead atoms. The van der Waals surface area contributed by atoms with Crippen molar-refractivity contribution in [1.29, 1.82) is 5.26 Å². The molecule has 0 saturated heterocycles. The summed E-state index contributed by atoms with van der Waals surface area (Å²) in [6.45, 7) is 0. The molecule has 15 heavy (non-hydrogen) atoms. The molecule has 0 aromatic heterocycles. The van der Waals surface area contributed by atoms with Crippen LogP contribution >= 0.6 is 0 Å². The molecule has 5 nitrogen and oxygen atoms in total. The number of nitro groups is 1. The average Bonchev–Trinajstić information content (AvgIpc) is 2.26. The van der Waals surface area contributed by atoms with Crippen LogP contribution in [0.5, 0.6) is 0 Å². The van der Waals surface area contributed by atoms with Gasteiger partial charge in [0.2, 0.25) is 0 Å². The summed E-state index contributed by atoms with van der Waals surface area (Å²) in [5.41, 5.74) is -0.448. The smallest absolute Gasteiger partial charge is 0.289 e. The Balaban J connectivity index is 2.98. The van der Waals surface area contributed by atoms with Crippen molar-refractivity contribution in [2.24, 2.45) is 0 Å². The third kappa shape index (κ3) is 2.74. The van der Waals surface area contributed by atoms with Crippen LogP contribution in [0.4, 0.5) is 0 Å². The number of nitriles is 1. The van der Waals surface area contributed by atoms with Gasteiger partial charge in [0.25, 0.3) is 0 Å². The number of carbonyl (C=O) groups is 1. The first-order valence-electron chi connectivity index (χ1n) is 4.00. The Bertz CT molecular complexity index is 457. The highest BCUT2D eigenvalue weighted by Crippen LogP contribution is 2.03. The molecule has 0 aliphatic rings. The quantitative estimate of drug-likeness (QED) is 0.245. The Hall–Kier alpha value is -2.48. The van der Waals surface area contributed by atoms with Crippen molar-refractivity contribution in [2.45, 2.75) is 0 Å². The fourth-order valence-electron chi connectivity index (χ4n) is 0.936. The molecule has 1 aromatic carbocycles. The summed E-state index contributed by atoms with van der Waals surface area (Å²) < 4.78 is 0. The second kappa shape index (κ2) is 4.67. The van der Waals surface area contributed by atoms with Crippen molar-refractivity contribution in [3.63, 3.8) is 0 Å². The van der Waals surface area contributed by atoms with E-state index in [1.54, 1.807) is 18.2 Å². The number of hydrogen-bond acceptors (Lipinski definition) is 4. The van der Waals surface area contributed by atoms with Crippen LogP contribution in [-0.4, -0.2) is 10.7 Å². The molecule has 0 heterocycles. The van der Waals surface area contributed by atoms with E-state index in [0.717, 1.165) is 6.08 Å². The van der Waals surface area contributed by atoms with Crippen molar-refractivity contribution < 1.29 is 9.72 Å². The highest BCUT2D eigenvalue weighted by Gasteiger charge is 2.12. The summed E-state index contributed by atoms with van der Waals surface area (Å²) in [6.07, 6.45) is 0.718. The zero-order valence-corrected chi connectivity index (χ0v) is 7.58. The van der Waals surface area contributed by atoms with Gasteiger partial charge in [-0.1, -0.05) is 30.3 Å². The SMILES string of the molecule is N#C/C(=C\C(=O)c1ccccc1)[N+](=O)[O-]. The van der Waals surface area contributed by atoms with Crippen molar-refractivity contribution >= 4 is 5.78 Å². The number of hydrogen-bond donors (Lipinski definition) is 0. The third-order valence-electron chi connectivity index (χ3n) is 1.64. The summed E-state index contributed by atoms with van der Waals surface area (Å²) >= 11 is 0. The lowest BCUT2D eigenvalue weighted by molar-refractivity contribution is -0.417. The lowest BCUT2D eigenvalue weighted by Crippen LogP contribution is -2.01. The molecule has 0 fully saturated rings. The van der Waals surface area contributed by atoms with E-state index in [9.17, 15) is 14.9 Å². The van der Waals surface area contributed by atoms with Gasteiger partial charge < -0.3 is 0 Å². The molecular formula is C10H6N2O3. The van der Waals surface area contributed by atoms with Crippen LogP contribution < -0.4 is 0 Å². The summed E-state index contributed by atoms with van der Waals surface area (Å²) in [4.78, 5) is 20.8. The summed E-state index contributed by atoms with van der Waals surface area (Å²) in [5.74, 6) is -0.552. The second-order valence-electron chi connectivity index (χ2n) is 2.63. The lowest BCUT2D eigenvalue weighted by Gasteiger charge is -1.92. The van der Waals surface area contributed by atoms with E-state index in [0.29, 0.717) is 5.56 Å². The minimum absolute atomic E-state index is 0.312. The Morgan fingerprint density at radius 1 is 1.40 bits per heavy atom. The van der Waals surface area contributed by atoms with Crippen LogP contribution in [0.15, 0.2) is 42.1 Å². The second-order valence-corrected chi connectivity index (χ2v) is 2.63. The number of allylic oxidation sites excluding steroid dienone is 2. The van der Waals surface area contributed by atoms with Gasteiger partial charge in [0.1, 0.15) is 0 Å². The van der Waals surface area contributed by atoms with Gasteiger partial charge in [-0.25, -0.2) is 0 Å². The first-order valence-corrected chi connectivity index (χ1v) is 4.00. The molecule has 0 aliphatic heterocycles. The van der Waals surface area contributed by atoms with Gasteiger partial charge >= 0.3 is 5.70 Å². The molecular weight excluding hydrogens is 196 g/mol. The van der Waals surface area contributed by atoms with Crippen molar-refractivity contribution in [3.05, 3.63) is 57.8 Å². The highest BCUT2D eigenvalue weighted by molar-refractivity contribution is 6.04. The third-order valence-corrected chi connectivity index (χ3v) is 1.64. The molecule has 1 aromatic rings. The Morgan fingerprint density at radius 3 is 2.47 bits per heavy atom. The Kier molecular flexibility index (Phi) is 3.30. The van der Waals surface area contributed by atoms with Gasteiger partial charge in [-0.15, -0.1) is 0 Å². The monoisotopic (exact) mass is 202 g/mol. The standard InChI is InChI=1S/C10H6N2O3/c11-7-9(12(14)15)6-10(13)8-4-2-1-3-5-8/h1-6H/b9-6+. The van der Waals surface area contributed by atoms with Gasteiger partial charge in [0.05, 0.1) is 11.0 Å². The normalized spacial score (nSPS) is 10.5. The summed E-state index contributed by atoms with van der Waals surface area (Å²) in [7, 11) is 0. The summed E-state index contributed by atoms with van der Waals surface area (Å²) in [5, 5.41) is 18.6.